The van der Waals surface area contributed by atoms with Crippen LogP contribution >= 0.6 is 0 Å². The van der Waals surface area contributed by atoms with Crippen molar-refractivity contribution in [3.05, 3.63) is 72.3 Å². The van der Waals surface area contributed by atoms with E-state index in [-0.39, 0.29) is 13.2 Å². The van der Waals surface area contributed by atoms with Gasteiger partial charge in [0.2, 0.25) is 0 Å². The van der Waals surface area contributed by atoms with Crippen LogP contribution in [0.1, 0.15) is 19.4 Å². The van der Waals surface area contributed by atoms with Crippen molar-refractivity contribution < 1.29 is 28.6 Å². The third kappa shape index (κ3) is 8.15. The smallest absolute Gasteiger partial charge is 0.344 e. The number of amides is 2. The number of carbonyl (C=O) groups is 3. The Bertz CT molecular complexity index is 1190. The summed E-state index contributed by atoms with van der Waals surface area (Å²) < 4.78 is 15.6. The van der Waals surface area contributed by atoms with Gasteiger partial charge in [-0.3, -0.25) is 9.59 Å². The lowest BCUT2D eigenvalue weighted by Gasteiger charge is -2.13. The zero-order chi connectivity index (χ0) is 25.0. The Kier molecular flexibility index (Phi) is 9.18. The minimum atomic E-state index is -0.807. The van der Waals surface area contributed by atoms with E-state index in [1.54, 1.807) is 44.2 Å². The zero-order valence-corrected chi connectivity index (χ0v) is 19.5. The lowest BCUT2D eigenvalue weighted by Crippen LogP contribution is -2.45. The molecule has 9 heteroatoms. The van der Waals surface area contributed by atoms with Gasteiger partial charge in [0.05, 0.1) is 12.8 Å². The van der Waals surface area contributed by atoms with Gasteiger partial charge in [-0.15, -0.1) is 0 Å². The normalized spacial score (nSPS) is 11.6. The van der Waals surface area contributed by atoms with Crippen LogP contribution in [0.2, 0.25) is 0 Å². The van der Waals surface area contributed by atoms with E-state index in [9.17, 15) is 14.4 Å². The number of fused-ring (bicyclic) bond motifs is 1. The molecule has 0 bridgehead atoms. The molecule has 0 radical (unpaired) electrons. The van der Waals surface area contributed by atoms with Gasteiger partial charge < -0.3 is 19.5 Å². The molecule has 182 valence electrons. The molecule has 0 aliphatic carbocycles. The summed E-state index contributed by atoms with van der Waals surface area (Å²) in [6, 6.07) is 19.4. The summed E-state index contributed by atoms with van der Waals surface area (Å²) in [5, 5.41) is 8.56. The van der Waals surface area contributed by atoms with Crippen LogP contribution in [0.15, 0.2) is 71.8 Å². The van der Waals surface area contributed by atoms with Crippen molar-refractivity contribution in [2.45, 2.75) is 19.9 Å². The summed E-state index contributed by atoms with van der Waals surface area (Å²) in [5.74, 6) is -0.278. The number of ether oxygens (including phenoxy) is 3. The lowest BCUT2D eigenvalue weighted by atomic mass is 10.1. The molecule has 9 nitrogen and oxygen atoms in total. The number of hydrazone groups is 1. The fourth-order valence-electron chi connectivity index (χ4n) is 3.02. The molecular weight excluding hydrogens is 450 g/mol. The van der Waals surface area contributed by atoms with Gasteiger partial charge in [-0.25, -0.2) is 10.2 Å². The van der Waals surface area contributed by atoms with Crippen molar-refractivity contribution in [3.63, 3.8) is 0 Å². The third-order valence-electron chi connectivity index (χ3n) is 4.79. The van der Waals surface area contributed by atoms with Gasteiger partial charge >= 0.3 is 5.97 Å². The number of esters is 1. The average Bonchev–Trinajstić information content (AvgIpc) is 2.87. The van der Waals surface area contributed by atoms with Crippen LogP contribution in [-0.2, 0) is 19.1 Å². The Morgan fingerprint density at radius 3 is 2.34 bits per heavy atom. The van der Waals surface area contributed by atoms with Gasteiger partial charge in [0.15, 0.2) is 13.2 Å². The highest BCUT2D eigenvalue weighted by molar-refractivity contribution is 5.89. The molecule has 2 amide bonds. The summed E-state index contributed by atoms with van der Waals surface area (Å²) in [5.41, 5.74) is 3.08. The van der Waals surface area contributed by atoms with Crippen molar-refractivity contribution in [2.24, 2.45) is 5.10 Å². The first kappa shape index (κ1) is 25.2. The fraction of sp³-hybridized carbons (Fsp3) is 0.231. The molecular formula is C26H27N3O6. The standard InChI is InChI=1S/C26H27N3O6/c1-3-33-25(31)17-35-22-11-8-19(9-12-22)15-27-29-26(32)18(2)28-24(30)16-34-23-13-10-20-6-4-5-7-21(20)14-23/h4-15,18H,3,16-17H2,1-2H3,(H,28,30)(H,29,32)/b27-15-/t18-/m0/s1. The SMILES string of the molecule is CCOC(=O)COc1ccc(/C=N\NC(=O)[C@H](C)NC(=O)COc2ccc3ccccc3c2)cc1. The highest BCUT2D eigenvalue weighted by Gasteiger charge is 2.15. The maximum atomic E-state index is 12.2. The number of rotatable bonds is 11. The monoisotopic (exact) mass is 477 g/mol. The van der Waals surface area contributed by atoms with Crippen molar-refractivity contribution in [2.75, 3.05) is 19.8 Å². The summed E-state index contributed by atoms with van der Waals surface area (Å²) in [6.07, 6.45) is 1.45. The van der Waals surface area contributed by atoms with Crippen molar-refractivity contribution >= 4 is 34.8 Å². The Morgan fingerprint density at radius 1 is 0.914 bits per heavy atom. The Balaban J connectivity index is 1.39. The Hall–Kier alpha value is -4.40. The fourth-order valence-corrected chi connectivity index (χ4v) is 3.02. The van der Waals surface area contributed by atoms with E-state index in [2.05, 4.69) is 15.8 Å². The second-order valence-corrected chi connectivity index (χ2v) is 7.48. The summed E-state index contributed by atoms with van der Waals surface area (Å²) >= 11 is 0. The number of hydrogen-bond donors (Lipinski definition) is 2. The number of benzene rings is 3. The van der Waals surface area contributed by atoms with Gasteiger partial charge in [0.25, 0.3) is 11.8 Å². The summed E-state index contributed by atoms with van der Waals surface area (Å²) in [7, 11) is 0. The molecule has 0 saturated heterocycles. The van der Waals surface area contributed by atoms with Crippen LogP contribution in [0.25, 0.3) is 10.8 Å². The first-order chi connectivity index (χ1) is 16.9. The summed E-state index contributed by atoms with van der Waals surface area (Å²) in [6.45, 7) is 3.18. The third-order valence-corrected chi connectivity index (χ3v) is 4.79. The molecule has 1 atom stereocenters. The maximum Gasteiger partial charge on any atom is 0.344 e. The van der Waals surface area contributed by atoms with Crippen LogP contribution in [0.5, 0.6) is 11.5 Å². The first-order valence-electron chi connectivity index (χ1n) is 11.1. The van der Waals surface area contributed by atoms with Crippen LogP contribution in [0.3, 0.4) is 0 Å². The molecule has 3 rings (SSSR count). The van der Waals surface area contributed by atoms with E-state index in [1.807, 2.05) is 36.4 Å². The lowest BCUT2D eigenvalue weighted by molar-refractivity contribution is -0.145. The number of hydrogen-bond acceptors (Lipinski definition) is 7. The molecule has 3 aromatic carbocycles. The highest BCUT2D eigenvalue weighted by atomic mass is 16.6. The number of carbonyl (C=O) groups excluding carboxylic acids is 3. The Labute approximate surface area is 203 Å². The van der Waals surface area contributed by atoms with E-state index in [0.717, 1.165) is 10.8 Å². The first-order valence-corrected chi connectivity index (χ1v) is 11.1. The summed E-state index contributed by atoms with van der Waals surface area (Å²) in [4.78, 5) is 35.7. The zero-order valence-electron chi connectivity index (χ0n) is 19.5. The topological polar surface area (TPSA) is 115 Å². The van der Waals surface area contributed by atoms with Gasteiger partial charge in [0, 0.05) is 0 Å². The van der Waals surface area contributed by atoms with Crippen LogP contribution in [0, 0.1) is 0 Å². The minimum Gasteiger partial charge on any atom is -0.484 e. The van der Waals surface area contributed by atoms with Gasteiger partial charge in [-0.1, -0.05) is 30.3 Å². The maximum absolute atomic E-state index is 12.2. The van der Waals surface area contributed by atoms with E-state index >= 15 is 0 Å². The largest absolute Gasteiger partial charge is 0.484 e. The minimum absolute atomic E-state index is 0.172. The molecule has 0 saturated carbocycles. The van der Waals surface area contributed by atoms with Crippen LogP contribution < -0.4 is 20.2 Å². The average molecular weight is 478 g/mol. The molecule has 0 aliphatic rings. The molecule has 35 heavy (non-hydrogen) atoms. The molecule has 0 aliphatic heterocycles. The molecule has 2 N–H and O–H groups in total. The predicted molar refractivity (Wildman–Crippen MR) is 131 cm³/mol. The molecule has 0 fully saturated rings. The molecule has 3 aromatic rings. The number of nitrogens with one attached hydrogen (secondary N) is 2. The molecule has 0 aromatic heterocycles. The highest BCUT2D eigenvalue weighted by Crippen LogP contribution is 2.20. The van der Waals surface area contributed by atoms with Crippen molar-refractivity contribution in [1.29, 1.82) is 0 Å². The van der Waals surface area contributed by atoms with E-state index in [4.69, 9.17) is 14.2 Å². The van der Waals surface area contributed by atoms with E-state index in [1.165, 1.54) is 6.21 Å². The molecule has 0 unspecified atom stereocenters. The van der Waals surface area contributed by atoms with E-state index in [0.29, 0.717) is 23.7 Å². The van der Waals surface area contributed by atoms with E-state index < -0.39 is 23.8 Å². The van der Waals surface area contributed by atoms with Gasteiger partial charge in [-0.05, 0) is 66.6 Å². The second-order valence-electron chi connectivity index (χ2n) is 7.48. The van der Waals surface area contributed by atoms with Crippen molar-refractivity contribution in [1.82, 2.24) is 10.7 Å². The van der Waals surface area contributed by atoms with Crippen LogP contribution in [0.4, 0.5) is 0 Å². The quantitative estimate of drug-likeness (QED) is 0.249. The van der Waals surface area contributed by atoms with Gasteiger partial charge in [-0.2, -0.15) is 5.10 Å². The van der Waals surface area contributed by atoms with Crippen molar-refractivity contribution in [3.8, 4) is 11.5 Å². The molecule has 0 spiro atoms. The second kappa shape index (κ2) is 12.7. The number of nitrogens with zero attached hydrogens (tertiary/aromatic N) is 1. The predicted octanol–water partition coefficient (Wildman–Crippen LogP) is 2.82. The molecule has 0 heterocycles. The Morgan fingerprint density at radius 2 is 1.60 bits per heavy atom. The van der Waals surface area contributed by atoms with Crippen LogP contribution in [-0.4, -0.2) is 49.9 Å². The van der Waals surface area contributed by atoms with Gasteiger partial charge in [0.1, 0.15) is 17.5 Å².